The van der Waals surface area contributed by atoms with Crippen LogP contribution in [0.2, 0.25) is 5.02 Å². The molecule has 0 radical (unpaired) electrons. The number of amides is 1. The molecule has 2 aromatic carbocycles. The van der Waals surface area contributed by atoms with E-state index >= 15 is 0 Å². The summed E-state index contributed by atoms with van der Waals surface area (Å²) in [6.45, 7) is 7.29. The van der Waals surface area contributed by atoms with Crippen molar-refractivity contribution in [2.24, 2.45) is 0 Å². The number of carbonyl (C=O) groups is 1. The third-order valence-corrected chi connectivity index (χ3v) is 6.76. The van der Waals surface area contributed by atoms with E-state index in [2.05, 4.69) is 52.6 Å². The van der Waals surface area contributed by atoms with Crippen LogP contribution in [0, 0.1) is 13.8 Å². The largest absolute Gasteiger partial charge is 0.368 e. The number of piperazine rings is 1. The molecule has 5 nitrogen and oxygen atoms in total. The summed E-state index contributed by atoms with van der Waals surface area (Å²) in [6, 6.07) is 14.1. The van der Waals surface area contributed by atoms with Crippen LogP contribution >= 0.6 is 23.4 Å². The zero-order valence-electron chi connectivity index (χ0n) is 17.2. The first-order valence-corrected chi connectivity index (χ1v) is 11.4. The number of hydrogen-bond acceptors (Lipinski definition) is 4. The molecule has 1 aliphatic rings. The number of imidazole rings is 1. The van der Waals surface area contributed by atoms with E-state index in [9.17, 15) is 4.79 Å². The van der Waals surface area contributed by atoms with Crippen molar-refractivity contribution in [1.82, 2.24) is 14.5 Å². The zero-order valence-corrected chi connectivity index (χ0v) is 18.8. The van der Waals surface area contributed by atoms with E-state index < -0.39 is 0 Å². The number of hydrogen-bond donors (Lipinski definition) is 0. The van der Waals surface area contributed by atoms with E-state index in [4.69, 9.17) is 11.6 Å². The van der Waals surface area contributed by atoms with Crippen LogP contribution in [-0.2, 0) is 4.79 Å². The summed E-state index contributed by atoms with van der Waals surface area (Å²) in [5.74, 6) is 0.542. The van der Waals surface area contributed by atoms with Crippen LogP contribution in [-0.4, -0.2) is 52.3 Å². The first-order valence-electron chi connectivity index (χ1n) is 10.0. The number of halogens is 1. The standard InChI is InChI=1S/C23H25ClN4OS/c1-17-5-3-8-21(18(17)2)28-10-9-25-23(28)30-16-22(29)27-13-11-26(12-14-27)20-7-4-6-19(24)15-20/h3-10,15H,11-14,16H2,1-2H3. The van der Waals surface area contributed by atoms with Crippen LogP contribution in [0.5, 0.6) is 0 Å². The second-order valence-electron chi connectivity index (χ2n) is 7.44. The predicted molar refractivity (Wildman–Crippen MR) is 124 cm³/mol. The molecule has 3 aromatic rings. The third-order valence-electron chi connectivity index (χ3n) is 5.57. The van der Waals surface area contributed by atoms with Crippen molar-refractivity contribution in [3.63, 3.8) is 0 Å². The average molecular weight is 441 g/mol. The van der Waals surface area contributed by atoms with E-state index in [0.717, 1.165) is 47.7 Å². The Balaban J connectivity index is 1.35. The van der Waals surface area contributed by atoms with Gasteiger partial charge in [-0.05, 0) is 49.2 Å². The molecule has 1 amide bonds. The smallest absolute Gasteiger partial charge is 0.233 e. The highest BCUT2D eigenvalue weighted by atomic mass is 35.5. The molecule has 0 N–H and O–H groups in total. The lowest BCUT2D eigenvalue weighted by Gasteiger charge is -2.36. The molecule has 1 fully saturated rings. The number of aryl methyl sites for hydroxylation is 1. The summed E-state index contributed by atoms with van der Waals surface area (Å²) >= 11 is 7.60. The van der Waals surface area contributed by atoms with Gasteiger partial charge in [-0.2, -0.15) is 0 Å². The van der Waals surface area contributed by atoms with Crippen LogP contribution in [0.25, 0.3) is 5.69 Å². The van der Waals surface area contributed by atoms with E-state index in [1.807, 2.05) is 29.3 Å². The predicted octanol–water partition coefficient (Wildman–Crippen LogP) is 4.58. The molecule has 0 bridgehead atoms. The van der Waals surface area contributed by atoms with Crippen LogP contribution in [0.4, 0.5) is 5.69 Å². The molecule has 0 aliphatic carbocycles. The number of rotatable bonds is 5. The lowest BCUT2D eigenvalue weighted by atomic mass is 10.1. The maximum Gasteiger partial charge on any atom is 0.233 e. The minimum atomic E-state index is 0.154. The first-order chi connectivity index (χ1) is 14.5. The molecule has 30 heavy (non-hydrogen) atoms. The average Bonchev–Trinajstić information content (AvgIpc) is 3.22. The lowest BCUT2D eigenvalue weighted by Crippen LogP contribution is -2.49. The van der Waals surface area contributed by atoms with Gasteiger partial charge in [0.25, 0.3) is 0 Å². The Hall–Kier alpha value is -2.44. The summed E-state index contributed by atoms with van der Waals surface area (Å²) in [5.41, 5.74) is 4.68. The van der Waals surface area contributed by atoms with Crippen LogP contribution < -0.4 is 4.90 Å². The molecule has 0 unspecified atom stereocenters. The Morgan fingerprint density at radius 2 is 1.87 bits per heavy atom. The highest BCUT2D eigenvalue weighted by molar-refractivity contribution is 7.99. The molecule has 0 spiro atoms. The van der Waals surface area contributed by atoms with E-state index in [1.54, 1.807) is 6.20 Å². The molecule has 1 saturated heterocycles. The zero-order chi connectivity index (χ0) is 21.1. The number of carbonyl (C=O) groups excluding carboxylic acids is 1. The van der Waals surface area contributed by atoms with Gasteiger partial charge in [0, 0.05) is 49.3 Å². The fraction of sp³-hybridized carbons (Fsp3) is 0.304. The third kappa shape index (κ3) is 4.50. The maximum absolute atomic E-state index is 12.8. The number of aromatic nitrogens is 2. The number of nitrogens with zero attached hydrogens (tertiary/aromatic N) is 4. The van der Waals surface area contributed by atoms with Crippen molar-refractivity contribution in [2.45, 2.75) is 19.0 Å². The van der Waals surface area contributed by atoms with Crippen molar-refractivity contribution < 1.29 is 4.79 Å². The molecule has 0 saturated carbocycles. The minimum absolute atomic E-state index is 0.154. The van der Waals surface area contributed by atoms with Gasteiger partial charge in [0.2, 0.25) is 5.91 Å². The van der Waals surface area contributed by atoms with Crippen molar-refractivity contribution >= 4 is 35.0 Å². The second-order valence-corrected chi connectivity index (χ2v) is 8.81. The van der Waals surface area contributed by atoms with Gasteiger partial charge < -0.3 is 9.80 Å². The molecule has 0 atom stereocenters. The van der Waals surface area contributed by atoms with Gasteiger partial charge in [0.15, 0.2) is 5.16 Å². The Labute approximate surface area is 186 Å². The van der Waals surface area contributed by atoms with E-state index in [0.29, 0.717) is 5.75 Å². The molecular weight excluding hydrogens is 416 g/mol. The fourth-order valence-electron chi connectivity index (χ4n) is 3.68. The van der Waals surface area contributed by atoms with Crippen molar-refractivity contribution in [3.05, 3.63) is 71.0 Å². The first kappa shape index (κ1) is 20.8. The summed E-state index contributed by atoms with van der Waals surface area (Å²) < 4.78 is 2.07. The normalized spacial score (nSPS) is 14.2. The minimum Gasteiger partial charge on any atom is -0.368 e. The topological polar surface area (TPSA) is 41.4 Å². The van der Waals surface area contributed by atoms with Gasteiger partial charge in [0.05, 0.1) is 11.4 Å². The Morgan fingerprint density at radius 3 is 2.63 bits per heavy atom. The van der Waals surface area contributed by atoms with Gasteiger partial charge in [-0.3, -0.25) is 9.36 Å². The summed E-state index contributed by atoms with van der Waals surface area (Å²) in [5, 5.41) is 1.58. The van der Waals surface area contributed by atoms with E-state index in [1.165, 1.54) is 22.9 Å². The van der Waals surface area contributed by atoms with Crippen molar-refractivity contribution in [3.8, 4) is 5.69 Å². The summed E-state index contributed by atoms with van der Waals surface area (Å²) in [4.78, 5) is 21.5. The highest BCUT2D eigenvalue weighted by Gasteiger charge is 2.22. The Bertz CT molecular complexity index is 1040. The fourth-order valence-corrected chi connectivity index (χ4v) is 4.73. The quantitative estimate of drug-likeness (QED) is 0.544. The number of benzene rings is 2. The Morgan fingerprint density at radius 1 is 1.10 bits per heavy atom. The second kappa shape index (κ2) is 9.14. The number of anilines is 1. The Kier molecular flexibility index (Phi) is 6.35. The van der Waals surface area contributed by atoms with Crippen molar-refractivity contribution in [1.29, 1.82) is 0 Å². The van der Waals surface area contributed by atoms with Crippen LogP contribution in [0.3, 0.4) is 0 Å². The SMILES string of the molecule is Cc1cccc(-n2ccnc2SCC(=O)N2CCN(c3cccc(Cl)c3)CC2)c1C. The van der Waals surface area contributed by atoms with Gasteiger partial charge in [-0.1, -0.05) is 41.6 Å². The van der Waals surface area contributed by atoms with Crippen molar-refractivity contribution in [2.75, 3.05) is 36.8 Å². The molecular formula is C23H25ClN4OS. The molecule has 156 valence electrons. The van der Waals surface area contributed by atoms with Crippen LogP contribution in [0.15, 0.2) is 60.0 Å². The van der Waals surface area contributed by atoms with Crippen LogP contribution in [0.1, 0.15) is 11.1 Å². The molecule has 7 heteroatoms. The van der Waals surface area contributed by atoms with Gasteiger partial charge in [0.1, 0.15) is 0 Å². The molecule has 2 heterocycles. The number of thioether (sulfide) groups is 1. The van der Waals surface area contributed by atoms with E-state index in [-0.39, 0.29) is 5.91 Å². The van der Waals surface area contributed by atoms with Gasteiger partial charge in [-0.15, -0.1) is 0 Å². The molecule has 1 aromatic heterocycles. The summed E-state index contributed by atoms with van der Waals surface area (Å²) in [7, 11) is 0. The van der Waals surface area contributed by atoms with Gasteiger partial charge >= 0.3 is 0 Å². The van der Waals surface area contributed by atoms with Gasteiger partial charge in [-0.25, -0.2) is 4.98 Å². The maximum atomic E-state index is 12.8. The molecule has 1 aliphatic heterocycles. The monoisotopic (exact) mass is 440 g/mol. The molecule has 4 rings (SSSR count). The summed E-state index contributed by atoms with van der Waals surface area (Å²) in [6.07, 6.45) is 3.75. The lowest BCUT2D eigenvalue weighted by molar-refractivity contribution is -0.128. The highest BCUT2D eigenvalue weighted by Crippen LogP contribution is 2.25.